The molecule has 0 atom stereocenters. The van der Waals surface area contributed by atoms with Gasteiger partial charge in [0.05, 0.1) is 33.7 Å². The SMILES string of the molecule is CCc1cc(O)c(O)cc1-c1cc2c(NC3CCC(NC(=O)OC(C)(C)C)CC3)c(C(N)=Nc3cc(F)ccc3Cl)cnn2c1. The molecule has 2 heterocycles. The van der Waals surface area contributed by atoms with Crippen molar-refractivity contribution in [1.29, 1.82) is 0 Å². The second-order valence-electron chi connectivity index (χ2n) is 12.3. The van der Waals surface area contributed by atoms with E-state index >= 15 is 0 Å². The normalized spacial score (nSPS) is 17.3. The number of aliphatic imine (C=N–C) groups is 1. The van der Waals surface area contributed by atoms with Crippen LogP contribution in [0.4, 0.5) is 20.6 Å². The first-order valence-electron chi connectivity index (χ1n) is 14.9. The molecule has 0 aliphatic heterocycles. The van der Waals surface area contributed by atoms with Crippen molar-refractivity contribution >= 4 is 40.4 Å². The predicted molar refractivity (Wildman–Crippen MR) is 174 cm³/mol. The molecular formula is C33H38ClFN6O4. The first-order chi connectivity index (χ1) is 21.3. The number of benzene rings is 2. The van der Waals surface area contributed by atoms with E-state index in [1.807, 2.05) is 40.0 Å². The minimum atomic E-state index is -0.573. The van der Waals surface area contributed by atoms with Gasteiger partial charge < -0.3 is 31.3 Å². The summed E-state index contributed by atoms with van der Waals surface area (Å²) in [6.45, 7) is 7.46. The third-order valence-electron chi connectivity index (χ3n) is 7.75. The number of aromatic nitrogens is 2. The van der Waals surface area contributed by atoms with Gasteiger partial charge in [0.1, 0.15) is 17.3 Å². The summed E-state index contributed by atoms with van der Waals surface area (Å²) < 4.78 is 21.1. The van der Waals surface area contributed by atoms with Crippen molar-refractivity contribution < 1.29 is 24.1 Å². The summed E-state index contributed by atoms with van der Waals surface area (Å²) >= 11 is 6.29. The maximum atomic E-state index is 14.0. The number of rotatable bonds is 7. The minimum Gasteiger partial charge on any atom is -0.504 e. The van der Waals surface area contributed by atoms with Crippen molar-refractivity contribution in [1.82, 2.24) is 14.9 Å². The van der Waals surface area contributed by atoms with Gasteiger partial charge in [-0.2, -0.15) is 5.10 Å². The number of carbonyl (C=O) groups is 1. The predicted octanol–water partition coefficient (Wildman–Crippen LogP) is 7.05. The van der Waals surface area contributed by atoms with Crippen LogP contribution in [0, 0.1) is 5.82 Å². The number of hydrogen-bond acceptors (Lipinski definition) is 7. The molecule has 2 aromatic heterocycles. The molecule has 45 heavy (non-hydrogen) atoms. The molecule has 6 N–H and O–H groups in total. The Morgan fingerprint density at radius 2 is 1.82 bits per heavy atom. The molecule has 1 aliphatic rings. The van der Waals surface area contributed by atoms with Gasteiger partial charge in [0.2, 0.25) is 0 Å². The van der Waals surface area contributed by atoms with Crippen LogP contribution >= 0.6 is 11.6 Å². The number of amides is 1. The number of amidine groups is 1. The van der Waals surface area contributed by atoms with Gasteiger partial charge >= 0.3 is 6.09 Å². The fourth-order valence-electron chi connectivity index (χ4n) is 5.55. The van der Waals surface area contributed by atoms with Crippen molar-refractivity contribution in [3.63, 3.8) is 0 Å². The van der Waals surface area contributed by atoms with Crippen molar-refractivity contribution in [3.8, 4) is 22.6 Å². The molecule has 1 saturated carbocycles. The van der Waals surface area contributed by atoms with Crippen LogP contribution in [0.5, 0.6) is 11.5 Å². The second kappa shape index (κ2) is 12.8. The molecule has 1 amide bonds. The van der Waals surface area contributed by atoms with Crippen LogP contribution in [-0.2, 0) is 11.2 Å². The van der Waals surface area contributed by atoms with Crippen LogP contribution in [-0.4, -0.2) is 49.4 Å². The second-order valence-corrected chi connectivity index (χ2v) is 12.7. The molecule has 12 heteroatoms. The van der Waals surface area contributed by atoms with Gasteiger partial charge in [-0.3, -0.25) is 0 Å². The monoisotopic (exact) mass is 636 g/mol. The molecular weight excluding hydrogens is 599 g/mol. The van der Waals surface area contributed by atoms with E-state index in [2.05, 4.69) is 20.7 Å². The minimum absolute atomic E-state index is 0.00822. The molecule has 0 saturated heterocycles. The molecule has 2 aromatic carbocycles. The first-order valence-corrected chi connectivity index (χ1v) is 15.3. The number of aromatic hydroxyl groups is 2. The van der Waals surface area contributed by atoms with Crippen molar-refractivity contribution in [2.24, 2.45) is 10.7 Å². The Bertz CT molecular complexity index is 1760. The Kier molecular flexibility index (Phi) is 9.11. The number of nitrogens with one attached hydrogen (secondary N) is 2. The highest BCUT2D eigenvalue weighted by atomic mass is 35.5. The molecule has 0 unspecified atom stereocenters. The lowest BCUT2D eigenvalue weighted by Crippen LogP contribution is -2.42. The number of nitrogens with two attached hydrogens (primary N) is 1. The molecule has 1 fully saturated rings. The highest BCUT2D eigenvalue weighted by Gasteiger charge is 2.26. The number of phenolic OH excluding ortho intramolecular Hbond substituents is 2. The largest absolute Gasteiger partial charge is 0.504 e. The average molecular weight is 637 g/mol. The van der Waals surface area contributed by atoms with Crippen LogP contribution in [0.1, 0.15) is 64.5 Å². The van der Waals surface area contributed by atoms with E-state index < -0.39 is 17.5 Å². The summed E-state index contributed by atoms with van der Waals surface area (Å²) in [4.78, 5) is 16.8. The Labute approximate surface area is 266 Å². The zero-order valence-electron chi connectivity index (χ0n) is 25.7. The number of anilines is 1. The molecule has 238 valence electrons. The number of fused-ring (bicyclic) bond motifs is 1. The van der Waals surface area contributed by atoms with Gasteiger partial charge in [-0.05, 0) is 94.3 Å². The summed E-state index contributed by atoms with van der Waals surface area (Å²) in [5, 5.41) is 31.8. The van der Waals surface area contributed by atoms with Gasteiger partial charge in [-0.25, -0.2) is 18.7 Å². The van der Waals surface area contributed by atoms with Crippen molar-refractivity contribution in [3.05, 3.63) is 70.8 Å². The Morgan fingerprint density at radius 3 is 2.51 bits per heavy atom. The average Bonchev–Trinajstić information content (AvgIpc) is 3.41. The summed E-state index contributed by atoms with van der Waals surface area (Å²) in [7, 11) is 0. The van der Waals surface area contributed by atoms with E-state index in [1.54, 1.807) is 16.8 Å². The Hall–Kier alpha value is -4.51. The van der Waals surface area contributed by atoms with Crippen LogP contribution in [0.2, 0.25) is 5.02 Å². The number of carbonyl (C=O) groups excluding carboxylic acids is 1. The number of phenols is 2. The number of alkyl carbamates (subject to hydrolysis) is 1. The van der Waals surface area contributed by atoms with Gasteiger partial charge in [0, 0.05) is 29.9 Å². The maximum absolute atomic E-state index is 14.0. The Morgan fingerprint density at radius 1 is 1.13 bits per heavy atom. The number of hydrogen-bond donors (Lipinski definition) is 5. The van der Waals surface area contributed by atoms with Crippen LogP contribution in [0.15, 0.2) is 53.8 Å². The van der Waals surface area contributed by atoms with Crippen LogP contribution in [0.3, 0.4) is 0 Å². The smallest absolute Gasteiger partial charge is 0.407 e. The Balaban J connectivity index is 1.50. The third-order valence-corrected chi connectivity index (χ3v) is 8.07. The maximum Gasteiger partial charge on any atom is 0.407 e. The molecule has 0 radical (unpaired) electrons. The van der Waals surface area contributed by atoms with Crippen molar-refractivity contribution in [2.75, 3.05) is 5.32 Å². The molecule has 1 aliphatic carbocycles. The van der Waals surface area contributed by atoms with Crippen LogP contribution < -0.4 is 16.4 Å². The van der Waals surface area contributed by atoms with E-state index in [0.29, 0.717) is 23.2 Å². The van der Waals surface area contributed by atoms with E-state index in [0.717, 1.165) is 42.4 Å². The summed E-state index contributed by atoms with van der Waals surface area (Å²) in [5.41, 5.74) is 10.4. The summed E-state index contributed by atoms with van der Waals surface area (Å²) in [6.07, 6.45) is 6.66. The van der Waals surface area contributed by atoms with E-state index in [9.17, 15) is 19.4 Å². The van der Waals surface area contributed by atoms with E-state index in [1.165, 1.54) is 24.3 Å². The molecule has 5 rings (SSSR count). The lowest BCUT2D eigenvalue weighted by Gasteiger charge is -2.31. The van der Waals surface area contributed by atoms with Crippen molar-refractivity contribution in [2.45, 2.75) is 77.5 Å². The lowest BCUT2D eigenvalue weighted by molar-refractivity contribution is 0.0492. The fourth-order valence-corrected chi connectivity index (χ4v) is 5.71. The zero-order chi connectivity index (χ0) is 32.5. The number of halogens is 2. The molecule has 0 spiro atoms. The molecule has 0 bridgehead atoms. The fraction of sp³-hybridized carbons (Fsp3) is 0.364. The zero-order valence-corrected chi connectivity index (χ0v) is 26.5. The lowest BCUT2D eigenvalue weighted by atomic mass is 9.91. The van der Waals surface area contributed by atoms with Gasteiger partial charge in [0.25, 0.3) is 0 Å². The standard InChI is InChI=1S/C33H38ClFN6O4/c1-5-18-13-28(42)29(43)15-23(18)19-12-27-30(38-21-7-9-22(10-8-21)39-32(44)45-33(2,3)4)24(16-37-41(27)17-19)31(36)40-26-14-20(35)6-11-25(26)34/h6,11-17,21-22,38,42-43H,5,7-10H2,1-4H3,(H2,36,40)(H,39,44). The topological polar surface area (TPSA) is 146 Å². The number of ether oxygens (including phenoxy) is 1. The molecule has 10 nitrogen and oxygen atoms in total. The number of nitrogens with zero attached hydrogens (tertiary/aromatic N) is 3. The number of aryl methyl sites for hydroxylation is 1. The van der Waals surface area contributed by atoms with E-state index in [-0.39, 0.29) is 40.1 Å². The highest BCUT2D eigenvalue weighted by molar-refractivity contribution is 6.33. The summed E-state index contributed by atoms with van der Waals surface area (Å²) in [6, 6.07) is 8.95. The first kappa shape index (κ1) is 31.9. The summed E-state index contributed by atoms with van der Waals surface area (Å²) in [5.74, 6) is -0.794. The highest BCUT2D eigenvalue weighted by Crippen LogP contribution is 2.37. The van der Waals surface area contributed by atoms with Gasteiger partial charge in [-0.1, -0.05) is 18.5 Å². The third kappa shape index (κ3) is 7.42. The quantitative estimate of drug-likeness (QED) is 0.0829. The van der Waals surface area contributed by atoms with Crippen LogP contribution in [0.25, 0.3) is 16.6 Å². The van der Waals surface area contributed by atoms with E-state index in [4.69, 9.17) is 22.1 Å². The molecule has 4 aromatic rings. The van der Waals surface area contributed by atoms with Gasteiger partial charge in [0.15, 0.2) is 11.5 Å². The van der Waals surface area contributed by atoms with Gasteiger partial charge in [-0.15, -0.1) is 0 Å².